The van der Waals surface area contributed by atoms with Gasteiger partial charge in [-0.25, -0.2) is 0 Å². The summed E-state index contributed by atoms with van der Waals surface area (Å²) in [5.41, 5.74) is 0. The van der Waals surface area contributed by atoms with Gasteiger partial charge in [0.05, 0.1) is 27.8 Å². The summed E-state index contributed by atoms with van der Waals surface area (Å²) in [6.45, 7) is 0. The zero-order chi connectivity index (χ0) is 11.3. The van der Waals surface area contributed by atoms with E-state index in [1.54, 1.807) is 12.1 Å². The molecule has 82 valence electrons. The van der Waals surface area contributed by atoms with Crippen LogP contribution >= 0.6 is 34.7 Å². The Hall–Kier alpha value is -0.520. The average molecular weight is 265 g/mol. The molecule has 3 nitrogen and oxygen atoms in total. The van der Waals surface area contributed by atoms with Crippen LogP contribution in [-0.4, -0.2) is 30.4 Å². The Morgan fingerprint density at radius 1 is 1.47 bits per heavy atom. The SMILES string of the molecule is COC(=O)CSCC(=O)c1ccc(Cl)s1. The highest BCUT2D eigenvalue weighted by Gasteiger charge is 2.10. The number of thiophene rings is 1. The highest BCUT2D eigenvalue weighted by molar-refractivity contribution is 8.00. The number of methoxy groups -OCH3 is 1. The second kappa shape index (κ2) is 6.15. The lowest BCUT2D eigenvalue weighted by molar-refractivity contribution is -0.137. The van der Waals surface area contributed by atoms with E-state index in [-0.39, 0.29) is 23.3 Å². The van der Waals surface area contributed by atoms with Crippen molar-refractivity contribution in [2.45, 2.75) is 0 Å². The molecule has 0 spiro atoms. The molecule has 0 atom stereocenters. The molecule has 0 aliphatic heterocycles. The Balaban J connectivity index is 2.34. The molecule has 1 aromatic heterocycles. The fourth-order valence-corrected chi connectivity index (χ4v) is 2.62. The standard InChI is InChI=1S/C9H9ClO3S2/c1-13-9(12)5-14-4-6(11)7-2-3-8(10)15-7/h2-3H,4-5H2,1H3. The summed E-state index contributed by atoms with van der Waals surface area (Å²) in [4.78, 5) is 22.9. The third kappa shape index (κ3) is 4.24. The lowest BCUT2D eigenvalue weighted by atomic mass is 10.4. The summed E-state index contributed by atoms with van der Waals surface area (Å²) < 4.78 is 5.05. The Morgan fingerprint density at radius 3 is 2.73 bits per heavy atom. The molecule has 0 aliphatic carbocycles. The van der Waals surface area contributed by atoms with E-state index in [1.807, 2.05) is 0 Å². The number of hydrogen-bond acceptors (Lipinski definition) is 5. The predicted molar refractivity (Wildman–Crippen MR) is 63.0 cm³/mol. The monoisotopic (exact) mass is 264 g/mol. The van der Waals surface area contributed by atoms with Crippen LogP contribution in [0.25, 0.3) is 0 Å². The minimum Gasteiger partial charge on any atom is -0.468 e. The van der Waals surface area contributed by atoms with E-state index in [4.69, 9.17) is 11.6 Å². The molecule has 15 heavy (non-hydrogen) atoms. The van der Waals surface area contributed by atoms with Gasteiger partial charge in [0, 0.05) is 0 Å². The first-order valence-corrected chi connectivity index (χ1v) is 6.41. The summed E-state index contributed by atoms with van der Waals surface area (Å²) in [5.74, 6) is 0.130. The number of Topliss-reactive ketones (excluding diaryl/α,β-unsaturated/α-hetero) is 1. The number of halogens is 1. The highest BCUT2D eigenvalue weighted by atomic mass is 35.5. The topological polar surface area (TPSA) is 43.4 Å². The molecule has 0 radical (unpaired) electrons. The van der Waals surface area contributed by atoms with Crippen molar-refractivity contribution in [2.75, 3.05) is 18.6 Å². The molecule has 1 heterocycles. The molecule has 1 aromatic rings. The third-order valence-corrected chi connectivity index (χ3v) is 3.71. The fourth-order valence-electron chi connectivity index (χ4n) is 0.821. The van der Waals surface area contributed by atoms with Crippen LogP contribution in [-0.2, 0) is 9.53 Å². The molecule has 0 amide bonds. The molecule has 0 saturated heterocycles. The molecule has 0 N–H and O–H groups in total. The van der Waals surface area contributed by atoms with Gasteiger partial charge < -0.3 is 4.74 Å². The number of carbonyl (C=O) groups excluding carboxylic acids is 2. The van der Waals surface area contributed by atoms with Crippen LogP contribution in [0.3, 0.4) is 0 Å². The molecule has 0 saturated carbocycles. The minimum atomic E-state index is -0.322. The van der Waals surface area contributed by atoms with E-state index in [1.165, 1.54) is 30.2 Å². The summed E-state index contributed by atoms with van der Waals surface area (Å²) in [5, 5.41) is 0. The van der Waals surface area contributed by atoms with Gasteiger partial charge in [-0.3, -0.25) is 9.59 Å². The molecule has 0 unspecified atom stereocenters. The summed E-state index contributed by atoms with van der Waals surface area (Å²) in [6, 6.07) is 3.37. The summed E-state index contributed by atoms with van der Waals surface area (Å²) in [7, 11) is 1.32. The molecule has 0 aromatic carbocycles. The van der Waals surface area contributed by atoms with Crippen LogP contribution in [0, 0.1) is 0 Å². The molecule has 1 rings (SSSR count). The maximum absolute atomic E-state index is 11.5. The Morgan fingerprint density at radius 2 is 2.20 bits per heavy atom. The average Bonchev–Trinajstić information content (AvgIpc) is 2.64. The molecular formula is C9H9ClO3S2. The quantitative estimate of drug-likeness (QED) is 0.605. The lowest BCUT2D eigenvalue weighted by Crippen LogP contribution is -2.07. The van der Waals surface area contributed by atoms with Gasteiger partial charge in [0.1, 0.15) is 0 Å². The van der Waals surface area contributed by atoms with Gasteiger partial charge in [-0.15, -0.1) is 23.1 Å². The normalized spacial score (nSPS) is 10.0. The summed E-state index contributed by atoms with van der Waals surface area (Å²) in [6.07, 6.45) is 0. The summed E-state index contributed by atoms with van der Waals surface area (Å²) >= 11 is 8.18. The van der Waals surface area contributed by atoms with E-state index in [0.29, 0.717) is 9.21 Å². The highest BCUT2D eigenvalue weighted by Crippen LogP contribution is 2.22. The molecule has 0 aliphatic rings. The molecule has 6 heteroatoms. The van der Waals surface area contributed by atoms with Gasteiger partial charge in [-0.2, -0.15) is 0 Å². The number of esters is 1. The number of ketones is 1. The van der Waals surface area contributed by atoms with Gasteiger partial charge in [0.2, 0.25) is 0 Å². The second-order valence-electron chi connectivity index (χ2n) is 2.60. The van der Waals surface area contributed by atoms with Crippen LogP contribution in [0.2, 0.25) is 4.34 Å². The first-order valence-electron chi connectivity index (χ1n) is 4.06. The van der Waals surface area contributed by atoms with E-state index in [2.05, 4.69) is 4.74 Å². The Labute approximate surface area is 101 Å². The predicted octanol–water partition coefficient (Wildman–Crippen LogP) is 2.49. The second-order valence-corrected chi connectivity index (χ2v) is 5.30. The number of carbonyl (C=O) groups is 2. The Kier molecular flexibility index (Phi) is 5.14. The Bertz CT molecular complexity index is 362. The maximum atomic E-state index is 11.5. The van der Waals surface area contributed by atoms with E-state index in [9.17, 15) is 9.59 Å². The van der Waals surface area contributed by atoms with E-state index < -0.39 is 0 Å². The molecule has 0 fully saturated rings. The van der Waals surface area contributed by atoms with Gasteiger partial charge >= 0.3 is 5.97 Å². The van der Waals surface area contributed by atoms with Crippen molar-refractivity contribution in [3.05, 3.63) is 21.3 Å². The van der Waals surface area contributed by atoms with Crippen molar-refractivity contribution in [2.24, 2.45) is 0 Å². The van der Waals surface area contributed by atoms with Crippen LogP contribution in [0.1, 0.15) is 9.67 Å². The number of thioether (sulfide) groups is 1. The van der Waals surface area contributed by atoms with Crippen molar-refractivity contribution in [3.63, 3.8) is 0 Å². The number of hydrogen-bond donors (Lipinski definition) is 0. The first kappa shape index (κ1) is 12.5. The largest absolute Gasteiger partial charge is 0.468 e. The fraction of sp³-hybridized carbons (Fsp3) is 0.333. The van der Waals surface area contributed by atoms with Crippen molar-refractivity contribution >= 4 is 46.5 Å². The van der Waals surface area contributed by atoms with E-state index in [0.717, 1.165) is 0 Å². The molecule has 0 bridgehead atoms. The van der Waals surface area contributed by atoms with Gasteiger partial charge in [-0.1, -0.05) is 11.6 Å². The smallest absolute Gasteiger partial charge is 0.315 e. The maximum Gasteiger partial charge on any atom is 0.315 e. The first-order chi connectivity index (χ1) is 7.13. The van der Waals surface area contributed by atoms with Crippen LogP contribution in [0.4, 0.5) is 0 Å². The van der Waals surface area contributed by atoms with Crippen molar-refractivity contribution < 1.29 is 14.3 Å². The van der Waals surface area contributed by atoms with Gasteiger partial charge in [0.15, 0.2) is 5.78 Å². The third-order valence-electron chi connectivity index (χ3n) is 1.53. The van der Waals surface area contributed by atoms with E-state index >= 15 is 0 Å². The van der Waals surface area contributed by atoms with Gasteiger partial charge in [0.25, 0.3) is 0 Å². The zero-order valence-corrected chi connectivity index (χ0v) is 10.4. The number of ether oxygens (including phenoxy) is 1. The van der Waals surface area contributed by atoms with Crippen molar-refractivity contribution in [1.29, 1.82) is 0 Å². The van der Waals surface area contributed by atoms with Crippen LogP contribution in [0.5, 0.6) is 0 Å². The molecular weight excluding hydrogens is 256 g/mol. The van der Waals surface area contributed by atoms with Crippen molar-refractivity contribution in [1.82, 2.24) is 0 Å². The lowest BCUT2D eigenvalue weighted by Gasteiger charge is -1.98. The van der Waals surface area contributed by atoms with Crippen LogP contribution < -0.4 is 0 Å². The van der Waals surface area contributed by atoms with Crippen LogP contribution in [0.15, 0.2) is 12.1 Å². The van der Waals surface area contributed by atoms with Gasteiger partial charge in [-0.05, 0) is 12.1 Å². The minimum absolute atomic E-state index is 0.0131. The number of rotatable bonds is 5. The zero-order valence-electron chi connectivity index (χ0n) is 7.99. The van der Waals surface area contributed by atoms with Crippen molar-refractivity contribution in [3.8, 4) is 0 Å².